The Morgan fingerprint density at radius 1 is 1.44 bits per heavy atom. The molecule has 0 unspecified atom stereocenters. The quantitative estimate of drug-likeness (QED) is 0.868. The molecule has 1 saturated heterocycles. The van der Waals surface area contributed by atoms with Gasteiger partial charge in [0.2, 0.25) is 0 Å². The molecule has 3 heteroatoms. The van der Waals surface area contributed by atoms with Crippen LogP contribution in [0, 0.1) is 0 Å². The minimum Gasteiger partial charge on any atom is -0.468 e. The van der Waals surface area contributed by atoms with Crippen molar-refractivity contribution >= 4 is 0 Å². The van der Waals surface area contributed by atoms with Crippen molar-refractivity contribution in [2.24, 2.45) is 0 Å². The second-order valence-electron chi connectivity index (χ2n) is 6.36. The lowest BCUT2D eigenvalue weighted by molar-refractivity contribution is 0.153. The van der Waals surface area contributed by atoms with E-state index in [0.717, 1.165) is 24.9 Å². The topological polar surface area (TPSA) is 28.4 Å². The zero-order valence-corrected chi connectivity index (χ0v) is 11.5. The molecule has 3 rings (SSSR count). The van der Waals surface area contributed by atoms with Gasteiger partial charge in [-0.15, -0.1) is 0 Å². The van der Waals surface area contributed by atoms with Gasteiger partial charge in [0.05, 0.1) is 12.8 Å². The molecular formula is C15H24N2O. The van der Waals surface area contributed by atoms with Crippen molar-refractivity contribution in [3.8, 4) is 0 Å². The summed E-state index contributed by atoms with van der Waals surface area (Å²) in [7, 11) is 0. The summed E-state index contributed by atoms with van der Waals surface area (Å²) < 4.78 is 5.69. The van der Waals surface area contributed by atoms with Crippen molar-refractivity contribution in [1.82, 2.24) is 10.2 Å². The number of furan rings is 1. The average Bonchev–Trinajstić information content (AvgIpc) is 2.96. The highest BCUT2D eigenvalue weighted by molar-refractivity contribution is 5.17. The van der Waals surface area contributed by atoms with Gasteiger partial charge in [0.25, 0.3) is 0 Å². The van der Waals surface area contributed by atoms with Gasteiger partial charge in [-0.05, 0) is 52.1 Å². The second-order valence-corrected chi connectivity index (χ2v) is 6.36. The molecule has 3 nitrogen and oxygen atoms in total. The molecule has 1 aromatic rings. The van der Waals surface area contributed by atoms with Crippen LogP contribution in [0.2, 0.25) is 0 Å². The van der Waals surface area contributed by atoms with E-state index < -0.39 is 0 Å². The van der Waals surface area contributed by atoms with Gasteiger partial charge in [-0.25, -0.2) is 0 Å². The fraction of sp³-hybridized carbons (Fsp3) is 0.733. The van der Waals surface area contributed by atoms with Crippen LogP contribution in [0.15, 0.2) is 16.7 Å². The normalized spacial score (nSPS) is 23.7. The van der Waals surface area contributed by atoms with Crippen molar-refractivity contribution in [2.45, 2.75) is 64.2 Å². The van der Waals surface area contributed by atoms with E-state index in [1.807, 2.05) is 6.26 Å². The molecule has 0 bridgehead atoms. The Kier molecular flexibility index (Phi) is 3.20. The highest BCUT2D eigenvalue weighted by Crippen LogP contribution is 2.30. The van der Waals surface area contributed by atoms with E-state index in [1.165, 1.54) is 37.8 Å². The maximum absolute atomic E-state index is 5.69. The largest absolute Gasteiger partial charge is 0.468 e. The Balaban J connectivity index is 1.62. The number of hydrogen-bond acceptors (Lipinski definition) is 3. The standard InChI is InChI=1S/C15H24N2O/c1-15(2)7-3-8-17(15)11-14-12(6-9-18-14)10-16-13-4-5-13/h6,9,13,16H,3-5,7-8,10-11H2,1-2H3. The summed E-state index contributed by atoms with van der Waals surface area (Å²) in [6.45, 7) is 7.80. The van der Waals surface area contributed by atoms with Crippen molar-refractivity contribution < 1.29 is 4.42 Å². The maximum atomic E-state index is 5.69. The highest BCUT2D eigenvalue weighted by Gasteiger charge is 2.32. The lowest BCUT2D eigenvalue weighted by Gasteiger charge is -2.31. The van der Waals surface area contributed by atoms with Gasteiger partial charge in [0.1, 0.15) is 5.76 Å². The predicted octanol–water partition coefficient (Wildman–Crippen LogP) is 2.91. The van der Waals surface area contributed by atoms with E-state index in [1.54, 1.807) is 0 Å². The molecule has 2 fully saturated rings. The third-order valence-corrected chi connectivity index (χ3v) is 4.40. The van der Waals surface area contributed by atoms with E-state index in [4.69, 9.17) is 4.42 Å². The van der Waals surface area contributed by atoms with Gasteiger partial charge in [-0.2, -0.15) is 0 Å². The summed E-state index contributed by atoms with van der Waals surface area (Å²) in [4.78, 5) is 2.55. The number of nitrogens with one attached hydrogen (secondary N) is 1. The van der Waals surface area contributed by atoms with Crippen LogP contribution < -0.4 is 5.32 Å². The van der Waals surface area contributed by atoms with Gasteiger partial charge >= 0.3 is 0 Å². The fourth-order valence-corrected chi connectivity index (χ4v) is 2.83. The van der Waals surface area contributed by atoms with Gasteiger partial charge in [0.15, 0.2) is 0 Å². The zero-order valence-electron chi connectivity index (χ0n) is 11.5. The summed E-state index contributed by atoms with van der Waals surface area (Å²) in [5, 5.41) is 3.57. The molecule has 0 radical (unpaired) electrons. The number of hydrogen-bond donors (Lipinski definition) is 1. The van der Waals surface area contributed by atoms with Crippen molar-refractivity contribution in [2.75, 3.05) is 6.54 Å². The minimum absolute atomic E-state index is 0.327. The Labute approximate surface area is 110 Å². The van der Waals surface area contributed by atoms with Crippen LogP contribution in [0.1, 0.15) is 50.9 Å². The SMILES string of the molecule is CC1(C)CCCN1Cc1occc1CNC1CC1. The molecule has 1 N–H and O–H groups in total. The molecule has 2 heterocycles. The van der Waals surface area contributed by atoms with Gasteiger partial charge in [-0.1, -0.05) is 0 Å². The van der Waals surface area contributed by atoms with Crippen LogP contribution >= 0.6 is 0 Å². The summed E-state index contributed by atoms with van der Waals surface area (Å²) in [5.74, 6) is 1.15. The zero-order chi connectivity index (χ0) is 12.6. The molecule has 1 aliphatic carbocycles. The second kappa shape index (κ2) is 4.71. The number of rotatable bonds is 5. The molecule has 0 amide bonds. The molecule has 2 aliphatic rings. The first-order chi connectivity index (χ1) is 8.65. The first kappa shape index (κ1) is 12.2. The van der Waals surface area contributed by atoms with Crippen LogP contribution in [0.25, 0.3) is 0 Å². The van der Waals surface area contributed by atoms with Crippen LogP contribution in [-0.4, -0.2) is 23.0 Å². The van der Waals surface area contributed by atoms with Crippen LogP contribution in [0.3, 0.4) is 0 Å². The third kappa shape index (κ3) is 2.62. The smallest absolute Gasteiger partial charge is 0.122 e. The minimum atomic E-state index is 0.327. The first-order valence-electron chi connectivity index (χ1n) is 7.19. The molecule has 0 spiro atoms. The van der Waals surface area contributed by atoms with Gasteiger partial charge in [-0.3, -0.25) is 4.90 Å². The summed E-state index contributed by atoms with van der Waals surface area (Å²) >= 11 is 0. The van der Waals surface area contributed by atoms with Crippen LogP contribution in [0.5, 0.6) is 0 Å². The Hall–Kier alpha value is -0.800. The van der Waals surface area contributed by atoms with E-state index in [9.17, 15) is 0 Å². The maximum Gasteiger partial charge on any atom is 0.122 e. The lowest BCUT2D eigenvalue weighted by Crippen LogP contribution is -2.37. The Bertz CT molecular complexity index is 406. The molecule has 0 aromatic carbocycles. The fourth-order valence-electron chi connectivity index (χ4n) is 2.83. The molecule has 1 saturated carbocycles. The Morgan fingerprint density at radius 2 is 2.28 bits per heavy atom. The van der Waals surface area contributed by atoms with Crippen molar-refractivity contribution in [3.63, 3.8) is 0 Å². The molecule has 0 atom stereocenters. The monoisotopic (exact) mass is 248 g/mol. The third-order valence-electron chi connectivity index (χ3n) is 4.40. The summed E-state index contributed by atoms with van der Waals surface area (Å²) in [5.41, 5.74) is 1.66. The van der Waals surface area contributed by atoms with E-state index in [2.05, 4.69) is 30.1 Å². The van der Waals surface area contributed by atoms with E-state index >= 15 is 0 Å². The van der Waals surface area contributed by atoms with Gasteiger partial charge < -0.3 is 9.73 Å². The number of likely N-dealkylation sites (tertiary alicyclic amines) is 1. The van der Waals surface area contributed by atoms with Crippen molar-refractivity contribution in [1.29, 1.82) is 0 Å². The van der Waals surface area contributed by atoms with E-state index in [-0.39, 0.29) is 0 Å². The summed E-state index contributed by atoms with van der Waals surface area (Å²) in [6.07, 6.45) is 7.12. The molecule has 1 aliphatic heterocycles. The summed E-state index contributed by atoms with van der Waals surface area (Å²) in [6, 6.07) is 2.88. The molecule has 1 aromatic heterocycles. The molecular weight excluding hydrogens is 224 g/mol. The molecule has 100 valence electrons. The molecule has 18 heavy (non-hydrogen) atoms. The van der Waals surface area contributed by atoms with Crippen molar-refractivity contribution in [3.05, 3.63) is 23.7 Å². The predicted molar refractivity (Wildman–Crippen MR) is 72.3 cm³/mol. The first-order valence-corrected chi connectivity index (χ1v) is 7.19. The Morgan fingerprint density at radius 3 is 2.94 bits per heavy atom. The lowest BCUT2D eigenvalue weighted by atomic mass is 10.0. The van der Waals surface area contributed by atoms with Crippen LogP contribution in [0.4, 0.5) is 0 Å². The highest BCUT2D eigenvalue weighted by atomic mass is 16.3. The van der Waals surface area contributed by atoms with Crippen LogP contribution in [-0.2, 0) is 13.1 Å². The number of nitrogens with zero attached hydrogens (tertiary/aromatic N) is 1. The average molecular weight is 248 g/mol. The van der Waals surface area contributed by atoms with E-state index in [0.29, 0.717) is 5.54 Å². The van der Waals surface area contributed by atoms with Gasteiger partial charge in [0, 0.05) is 23.7 Å².